The van der Waals surface area contributed by atoms with E-state index >= 15 is 0 Å². The van der Waals surface area contributed by atoms with Crippen LogP contribution in [0.15, 0.2) is 48.7 Å². The van der Waals surface area contributed by atoms with Crippen molar-refractivity contribution in [2.45, 2.75) is 58.4 Å². The number of dihydropyridines is 1. The SMILES string of the molecule is Bc1ccc(C2C=CC(c3nc(C(C)(C)C)cc(C(C)(C)C)n3)=CN2)cc1. The van der Waals surface area contributed by atoms with Gasteiger partial charge in [-0.2, -0.15) is 0 Å². The molecule has 3 nitrogen and oxygen atoms in total. The molecule has 0 fully saturated rings. The van der Waals surface area contributed by atoms with E-state index in [1.54, 1.807) is 0 Å². The van der Waals surface area contributed by atoms with Crippen LogP contribution in [0.5, 0.6) is 0 Å². The zero-order valence-corrected chi connectivity index (χ0v) is 17.6. The number of nitrogens with one attached hydrogen (secondary N) is 1. The van der Waals surface area contributed by atoms with Gasteiger partial charge in [0.25, 0.3) is 0 Å². The van der Waals surface area contributed by atoms with E-state index in [0.717, 1.165) is 22.8 Å². The van der Waals surface area contributed by atoms with E-state index in [1.807, 2.05) is 6.20 Å². The van der Waals surface area contributed by atoms with Crippen molar-refractivity contribution in [3.63, 3.8) is 0 Å². The highest BCUT2D eigenvalue weighted by Gasteiger charge is 2.24. The van der Waals surface area contributed by atoms with Crippen LogP contribution >= 0.6 is 0 Å². The second-order valence-corrected chi connectivity index (χ2v) is 9.48. The summed E-state index contributed by atoms with van der Waals surface area (Å²) in [7, 11) is 2.11. The molecule has 1 aliphatic heterocycles. The molecule has 3 rings (SSSR count). The average molecular weight is 359 g/mol. The lowest BCUT2D eigenvalue weighted by Crippen LogP contribution is -2.22. The topological polar surface area (TPSA) is 37.8 Å². The smallest absolute Gasteiger partial charge is 0.161 e. The van der Waals surface area contributed by atoms with E-state index in [4.69, 9.17) is 9.97 Å². The van der Waals surface area contributed by atoms with Gasteiger partial charge >= 0.3 is 0 Å². The maximum atomic E-state index is 4.88. The molecule has 1 aliphatic rings. The molecule has 1 atom stereocenters. The molecular formula is C23H30BN3. The van der Waals surface area contributed by atoms with Crippen LogP contribution in [0.1, 0.15) is 70.4 Å². The lowest BCUT2D eigenvalue weighted by molar-refractivity contribution is 0.536. The van der Waals surface area contributed by atoms with Crippen molar-refractivity contribution in [3.8, 4) is 0 Å². The van der Waals surface area contributed by atoms with E-state index < -0.39 is 0 Å². The zero-order chi connectivity index (χ0) is 19.8. The third-order valence-electron chi connectivity index (χ3n) is 4.84. The molecule has 1 unspecified atom stereocenters. The summed E-state index contributed by atoms with van der Waals surface area (Å²) in [4.78, 5) is 9.76. The van der Waals surface area contributed by atoms with Crippen LogP contribution in [-0.2, 0) is 10.8 Å². The molecule has 0 bridgehead atoms. The maximum absolute atomic E-state index is 4.88. The molecule has 0 aliphatic carbocycles. The molecule has 0 amide bonds. The Morgan fingerprint density at radius 2 is 1.44 bits per heavy atom. The minimum Gasteiger partial charge on any atom is -0.380 e. The van der Waals surface area contributed by atoms with Gasteiger partial charge in [-0.1, -0.05) is 83.4 Å². The van der Waals surface area contributed by atoms with Crippen molar-refractivity contribution >= 4 is 18.9 Å². The number of rotatable bonds is 2. The number of nitrogens with zero attached hydrogens (tertiary/aromatic N) is 2. The second-order valence-electron chi connectivity index (χ2n) is 9.48. The van der Waals surface area contributed by atoms with E-state index in [-0.39, 0.29) is 16.9 Å². The summed E-state index contributed by atoms with van der Waals surface area (Å²) >= 11 is 0. The largest absolute Gasteiger partial charge is 0.380 e. The number of hydrogen-bond donors (Lipinski definition) is 1. The summed E-state index contributed by atoms with van der Waals surface area (Å²) in [6.07, 6.45) is 6.36. The summed E-state index contributed by atoms with van der Waals surface area (Å²) in [6.45, 7) is 13.2. The van der Waals surface area contributed by atoms with Crippen LogP contribution < -0.4 is 10.8 Å². The van der Waals surface area contributed by atoms with Gasteiger partial charge in [-0.15, -0.1) is 0 Å². The van der Waals surface area contributed by atoms with Gasteiger partial charge in [0.1, 0.15) is 7.85 Å². The van der Waals surface area contributed by atoms with Crippen molar-refractivity contribution < 1.29 is 0 Å². The molecule has 27 heavy (non-hydrogen) atoms. The molecule has 0 spiro atoms. The van der Waals surface area contributed by atoms with Gasteiger partial charge in [0.2, 0.25) is 0 Å². The standard InChI is InChI=1S/C23H30BN3/c1-22(2,3)19-13-20(23(4,5)6)27-21(26-19)16-9-12-18(25-14-16)15-7-10-17(24)11-8-15/h7-14,18,25H,24H2,1-6H3. The Hall–Kier alpha value is -2.36. The van der Waals surface area contributed by atoms with Gasteiger partial charge in [-0.05, 0) is 11.6 Å². The van der Waals surface area contributed by atoms with E-state index in [0.29, 0.717) is 0 Å². The summed E-state index contributed by atoms with van der Waals surface area (Å²) in [5.74, 6) is 0.790. The zero-order valence-electron chi connectivity index (χ0n) is 17.6. The first-order chi connectivity index (χ1) is 12.5. The van der Waals surface area contributed by atoms with Crippen molar-refractivity contribution in [2.75, 3.05) is 0 Å². The Bertz CT molecular complexity index is 849. The first-order valence-electron chi connectivity index (χ1n) is 9.65. The first kappa shape index (κ1) is 19.4. The van der Waals surface area contributed by atoms with Crippen molar-refractivity contribution in [1.29, 1.82) is 0 Å². The Morgan fingerprint density at radius 1 is 0.889 bits per heavy atom. The van der Waals surface area contributed by atoms with Gasteiger partial charge in [0.15, 0.2) is 5.82 Å². The van der Waals surface area contributed by atoms with Crippen LogP contribution in [0, 0.1) is 0 Å². The monoisotopic (exact) mass is 359 g/mol. The Morgan fingerprint density at radius 3 is 1.89 bits per heavy atom. The third-order valence-corrected chi connectivity index (χ3v) is 4.84. The average Bonchev–Trinajstić information content (AvgIpc) is 2.61. The first-order valence-corrected chi connectivity index (χ1v) is 9.65. The minimum absolute atomic E-state index is 0.0194. The van der Waals surface area contributed by atoms with Gasteiger partial charge in [0, 0.05) is 22.6 Å². The van der Waals surface area contributed by atoms with E-state index in [9.17, 15) is 0 Å². The van der Waals surface area contributed by atoms with Crippen molar-refractivity contribution in [3.05, 3.63) is 71.5 Å². The molecule has 0 saturated heterocycles. The molecule has 1 aromatic carbocycles. The van der Waals surface area contributed by atoms with Crippen LogP contribution in [0.25, 0.3) is 5.57 Å². The van der Waals surface area contributed by atoms with Crippen LogP contribution in [0.4, 0.5) is 0 Å². The highest BCUT2D eigenvalue weighted by molar-refractivity contribution is 6.32. The molecule has 140 valence electrons. The van der Waals surface area contributed by atoms with E-state index in [2.05, 4.69) is 97.2 Å². The molecule has 1 N–H and O–H groups in total. The van der Waals surface area contributed by atoms with Gasteiger partial charge in [-0.3, -0.25) is 0 Å². The minimum atomic E-state index is -0.0194. The number of hydrogen-bond acceptors (Lipinski definition) is 3. The van der Waals surface area contributed by atoms with Crippen LogP contribution in [0.3, 0.4) is 0 Å². The lowest BCUT2D eigenvalue weighted by atomic mass is 9.86. The molecular weight excluding hydrogens is 329 g/mol. The van der Waals surface area contributed by atoms with Gasteiger partial charge in [0.05, 0.1) is 17.4 Å². The second kappa shape index (κ2) is 6.99. The molecule has 0 radical (unpaired) electrons. The predicted molar refractivity (Wildman–Crippen MR) is 117 cm³/mol. The summed E-state index contributed by atoms with van der Waals surface area (Å²) in [6, 6.07) is 11.0. The van der Waals surface area contributed by atoms with Crippen molar-refractivity contribution in [1.82, 2.24) is 15.3 Å². The van der Waals surface area contributed by atoms with Gasteiger partial charge in [-0.25, -0.2) is 9.97 Å². The fourth-order valence-electron chi connectivity index (χ4n) is 2.95. The normalized spacial score (nSPS) is 17.4. The van der Waals surface area contributed by atoms with E-state index in [1.165, 1.54) is 11.0 Å². The maximum Gasteiger partial charge on any atom is 0.161 e. The summed E-state index contributed by atoms with van der Waals surface area (Å²) < 4.78 is 0. The Kier molecular flexibility index (Phi) is 5.03. The molecule has 2 heterocycles. The fourth-order valence-corrected chi connectivity index (χ4v) is 2.95. The Labute approximate surface area is 164 Å². The Balaban J connectivity index is 1.93. The van der Waals surface area contributed by atoms with Crippen LogP contribution in [-0.4, -0.2) is 17.8 Å². The van der Waals surface area contributed by atoms with Crippen LogP contribution in [0.2, 0.25) is 0 Å². The van der Waals surface area contributed by atoms with Crippen molar-refractivity contribution in [2.24, 2.45) is 0 Å². The lowest BCUT2D eigenvalue weighted by Gasteiger charge is -2.25. The summed E-state index contributed by atoms with van der Waals surface area (Å²) in [5, 5.41) is 3.49. The fraction of sp³-hybridized carbons (Fsp3) is 0.391. The molecule has 4 heteroatoms. The number of allylic oxidation sites excluding steroid dienone is 2. The highest BCUT2D eigenvalue weighted by atomic mass is 14.9. The summed E-state index contributed by atoms with van der Waals surface area (Å²) in [5.41, 5.74) is 5.67. The molecule has 2 aromatic rings. The van der Waals surface area contributed by atoms with Gasteiger partial charge < -0.3 is 5.32 Å². The highest BCUT2D eigenvalue weighted by Crippen LogP contribution is 2.29. The number of aromatic nitrogens is 2. The molecule has 0 saturated carbocycles. The molecule has 1 aromatic heterocycles. The third kappa shape index (κ3) is 4.49. The predicted octanol–water partition coefficient (Wildman–Crippen LogP) is 3.57. The number of benzene rings is 1. The quantitative estimate of drug-likeness (QED) is 0.833.